The molecule has 4 heteroatoms. The Morgan fingerprint density at radius 2 is 2.05 bits per heavy atom. The lowest BCUT2D eigenvalue weighted by Gasteiger charge is -2.29. The Labute approximate surface area is 119 Å². The van der Waals surface area contributed by atoms with E-state index in [1.807, 2.05) is 6.07 Å². The molecule has 0 bridgehead atoms. The molecule has 1 atom stereocenters. The van der Waals surface area contributed by atoms with Crippen molar-refractivity contribution in [1.82, 2.24) is 0 Å². The van der Waals surface area contributed by atoms with Gasteiger partial charge in [-0.05, 0) is 31.7 Å². The zero-order chi connectivity index (χ0) is 13.6. The molecule has 3 nitrogen and oxygen atoms in total. The van der Waals surface area contributed by atoms with E-state index in [-0.39, 0.29) is 11.5 Å². The fourth-order valence-electron chi connectivity index (χ4n) is 3.16. The summed E-state index contributed by atoms with van der Waals surface area (Å²) in [6, 6.07) is 2.00. The normalized spacial score (nSPS) is 21.1. The average molecular weight is 282 g/mol. The summed E-state index contributed by atoms with van der Waals surface area (Å²) in [6.07, 6.45) is 3.10. The first-order chi connectivity index (χ1) is 9.10. The molecule has 1 unspecified atom stereocenters. The molecule has 0 aromatic heterocycles. The van der Waals surface area contributed by atoms with Gasteiger partial charge in [0.2, 0.25) is 0 Å². The van der Waals surface area contributed by atoms with Crippen molar-refractivity contribution in [3.63, 3.8) is 0 Å². The molecule has 19 heavy (non-hydrogen) atoms. The van der Waals surface area contributed by atoms with Gasteiger partial charge in [-0.3, -0.25) is 0 Å². The first kappa shape index (κ1) is 13.1. The predicted molar refractivity (Wildman–Crippen MR) is 76.4 cm³/mol. The molecule has 0 amide bonds. The van der Waals surface area contributed by atoms with Gasteiger partial charge >= 0.3 is 0 Å². The van der Waals surface area contributed by atoms with Crippen LogP contribution in [-0.2, 0) is 11.8 Å². The van der Waals surface area contributed by atoms with Gasteiger partial charge in [0, 0.05) is 28.1 Å². The third-order valence-corrected chi connectivity index (χ3v) is 4.69. The van der Waals surface area contributed by atoms with Crippen LogP contribution in [0.25, 0.3) is 0 Å². The van der Waals surface area contributed by atoms with Crippen LogP contribution in [0.5, 0.6) is 11.5 Å². The minimum absolute atomic E-state index is 0.0399. The molecular weight excluding hydrogens is 262 g/mol. The Hall–Kier alpha value is -0.930. The second kappa shape index (κ2) is 4.57. The first-order valence-electron chi connectivity index (χ1n) is 6.97. The Morgan fingerprint density at radius 3 is 2.63 bits per heavy atom. The van der Waals surface area contributed by atoms with E-state index in [1.165, 1.54) is 11.1 Å². The van der Waals surface area contributed by atoms with E-state index in [2.05, 4.69) is 13.8 Å². The summed E-state index contributed by atoms with van der Waals surface area (Å²) >= 11 is 6.52. The van der Waals surface area contributed by atoms with Crippen LogP contribution in [0.4, 0.5) is 0 Å². The van der Waals surface area contributed by atoms with Crippen LogP contribution in [0.15, 0.2) is 6.07 Å². The van der Waals surface area contributed by atoms with Crippen LogP contribution in [0.1, 0.15) is 37.8 Å². The van der Waals surface area contributed by atoms with Gasteiger partial charge in [0.25, 0.3) is 0 Å². The van der Waals surface area contributed by atoms with Crippen LogP contribution in [0.3, 0.4) is 0 Å². The van der Waals surface area contributed by atoms with Crippen molar-refractivity contribution in [3.8, 4) is 11.5 Å². The number of halogens is 1. The summed E-state index contributed by atoms with van der Waals surface area (Å²) in [7, 11) is 0. The molecule has 104 valence electrons. The lowest BCUT2D eigenvalue weighted by Crippen LogP contribution is -2.33. The van der Waals surface area contributed by atoms with E-state index in [0.29, 0.717) is 13.2 Å². The largest absolute Gasteiger partial charge is 0.486 e. The molecule has 1 aromatic carbocycles. The van der Waals surface area contributed by atoms with Gasteiger partial charge in [-0.1, -0.05) is 18.5 Å². The SMILES string of the molecule is CCc1c2c(cc(Cl)c1C1(C(C)N)CC1)OCCO2. The lowest BCUT2D eigenvalue weighted by molar-refractivity contribution is 0.169. The van der Waals surface area contributed by atoms with Gasteiger partial charge in [0.1, 0.15) is 13.2 Å². The topological polar surface area (TPSA) is 44.5 Å². The van der Waals surface area contributed by atoms with Gasteiger partial charge < -0.3 is 15.2 Å². The molecule has 0 saturated heterocycles. The maximum atomic E-state index is 6.52. The van der Waals surface area contributed by atoms with Crippen LogP contribution in [0, 0.1) is 0 Å². The maximum absolute atomic E-state index is 6.52. The zero-order valence-corrected chi connectivity index (χ0v) is 12.2. The predicted octanol–water partition coefficient (Wildman–Crippen LogP) is 3.05. The van der Waals surface area contributed by atoms with Gasteiger partial charge in [0.15, 0.2) is 11.5 Å². The third-order valence-electron chi connectivity index (χ3n) is 4.40. The van der Waals surface area contributed by atoms with E-state index in [0.717, 1.165) is 35.8 Å². The molecule has 2 aliphatic rings. The Bertz CT molecular complexity index is 509. The van der Waals surface area contributed by atoms with Crippen molar-refractivity contribution >= 4 is 11.6 Å². The number of hydrogen-bond acceptors (Lipinski definition) is 3. The molecule has 1 aliphatic carbocycles. The Morgan fingerprint density at radius 1 is 1.37 bits per heavy atom. The Balaban J connectivity index is 2.19. The molecular formula is C15H20ClNO2. The second-order valence-corrected chi connectivity index (χ2v) is 5.94. The maximum Gasteiger partial charge on any atom is 0.164 e. The standard InChI is InChI=1S/C15H20ClNO2/c1-3-10-13(15(4-5-15)9(2)17)11(16)8-12-14(10)19-7-6-18-12/h8-9H,3-7,17H2,1-2H3. The minimum atomic E-state index is 0.0399. The highest BCUT2D eigenvalue weighted by Gasteiger charge is 2.50. The number of fused-ring (bicyclic) bond motifs is 1. The van der Waals surface area contributed by atoms with E-state index in [4.69, 9.17) is 26.8 Å². The lowest BCUT2D eigenvalue weighted by atomic mass is 9.84. The number of benzene rings is 1. The van der Waals surface area contributed by atoms with Crippen LogP contribution < -0.4 is 15.2 Å². The van der Waals surface area contributed by atoms with Crippen molar-refractivity contribution in [1.29, 1.82) is 0 Å². The van der Waals surface area contributed by atoms with Crippen LogP contribution in [0.2, 0.25) is 5.02 Å². The highest BCUT2D eigenvalue weighted by Crippen LogP contribution is 2.56. The number of nitrogens with two attached hydrogens (primary N) is 1. The van der Waals surface area contributed by atoms with E-state index in [9.17, 15) is 0 Å². The summed E-state index contributed by atoms with van der Waals surface area (Å²) in [5, 5.41) is 0.774. The van der Waals surface area contributed by atoms with Crippen molar-refractivity contribution in [2.24, 2.45) is 5.73 Å². The van der Waals surface area contributed by atoms with E-state index >= 15 is 0 Å². The summed E-state index contributed by atoms with van der Waals surface area (Å²) in [5.74, 6) is 1.65. The molecule has 3 rings (SSSR count). The third kappa shape index (κ3) is 1.91. The van der Waals surface area contributed by atoms with Gasteiger partial charge in [-0.25, -0.2) is 0 Å². The molecule has 1 aromatic rings. The molecule has 2 N–H and O–H groups in total. The van der Waals surface area contributed by atoms with Crippen LogP contribution >= 0.6 is 11.6 Å². The second-order valence-electron chi connectivity index (χ2n) is 5.53. The van der Waals surface area contributed by atoms with E-state index < -0.39 is 0 Å². The summed E-state index contributed by atoms with van der Waals surface area (Å²) in [5.41, 5.74) is 8.61. The highest BCUT2D eigenvalue weighted by molar-refractivity contribution is 6.32. The highest BCUT2D eigenvalue weighted by atomic mass is 35.5. The van der Waals surface area contributed by atoms with Crippen LogP contribution in [-0.4, -0.2) is 19.3 Å². The molecule has 1 aliphatic heterocycles. The molecule has 0 spiro atoms. The number of hydrogen-bond donors (Lipinski definition) is 1. The summed E-state index contributed by atoms with van der Waals surface area (Å²) < 4.78 is 11.5. The van der Waals surface area contributed by atoms with Crippen molar-refractivity contribution in [2.45, 2.75) is 44.6 Å². The molecule has 0 radical (unpaired) electrons. The minimum Gasteiger partial charge on any atom is -0.486 e. The number of rotatable bonds is 3. The van der Waals surface area contributed by atoms with Gasteiger partial charge in [-0.15, -0.1) is 0 Å². The number of ether oxygens (including phenoxy) is 2. The van der Waals surface area contributed by atoms with Crippen molar-refractivity contribution in [3.05, 3.63) is 22.2 Å². The van der Waals surface area contributed by atoms with Gasteiger partial charge in [-0.2, -0.15) is 0 Å². The Kier molecular flexibility index (Phi) is 3.14. The summed E-state index contributed by atoms with van der Waals surface area (Å²) in [4.78, 5) is 0. The van der Waals surface area contributed by atoms with Crippen molar-refractivity contribution in [2.75, 3.05) is 13.2 Å². The van der Waals surface area contributed by atoms with Gasteiger partial charge in [0.05, 0.1) is 0 Å². The quantitative estimate of drug-likeness (QED) is 0.926. The first-order valence-corrected chi connectivity index (χ1v) is 7.35. The monoisotopic (exact) mass is 281 g/mol. The zero-order valence-electron chi connectivity index (χ0n) is 11.5. The van der Waals surface area contributed by atoms with E-state index in [1.54, 1.807) is 0 Å². The fourth-order valence-corrected chi connectivity index (χ4v) is 3.56. The van der Waals surface area contributed by atoms with Crippen molar-refractivity contribution < 1.29 is 9.47 Å². The fraction of sp³-hybridized carbons (Fsp3) is 0.600. The smallest absolute Gasteiger partial charge is 0.164 e. The molecule has 1 saturated carbocycles. The molecule has 1 fully saturated rings. The average Bonchev–Trinajstić information content (AvgIpc) is 3.18. The summed E-state index contributed by atoms with van der Waals surface area (Å²) in [6.45, 7) is 5.39. The molecule has 1 heterocycles.